The van der Waals surface area contributed by atoms with E-state index in [1.165, 1.54) is 0 Å². The minimum absolute atomic E-state index is 0.167. The molecule has 0 radical (unpaired) electrons. The first-order valence-corrected chi connectivity index (χ1v) is 10.1. The average Bonchev–Trinajstić information content (AvgIpc) is 3.08. The lowest BCUT2D eigenvalue weighted by Gasteiger charge is -2.10. The van der Waals surface area contributed by atoms with Crippen molar-refractivity contribution >= 4 is 17.8 Å². The molecular weight excluding hydrogens is 392 g/mol. The maximum absolute atomic E-state index is 12.8. The van der Waals surface area contributed by atoms with Gasteiger partial charge >= 0.3 is 5.97 Å². The highest BCUT2D eigenvalue weighted by Crippen LogP contribution is 2.39. The molecule has 5 nitrogen and oxygen atoms in total. The molecule has 0 spiro atoms. The van der Waals surface area contributed by atoms with Gasteiger partial charge in [-0.15, -0.1) is 0 Å². The van der Waals surface area contributed by atoms with Crippen LogP contribution in [0.15, 0.2) is 72.5 Å². The fourth-order valence-corrected chi connectivity index (χ4v) is 3.38. The lowest BCUT2D eigenvalue weighted by molar-refractivity contribution is -0.133. The van der Waals surface area contributed by atoms with Gasteiger partial charge in [0.2, 0.25) is 5.78 Å². The van der Waals surface area contributed by atoms with Crippen molar-refractivity contribution in [1.82, 2.24) is 0 Å². The van der Waals surface area contributed by atoms with E-state index in [1.807, 2.05) is 61.5 Å². The highest BCUT2D eigenvalue weighted by atomic mass is 16.5. The first kappa shape index (κ1) is 20.4. The van der Waals surface area contributed by atoms with E-state index in [1.54, 1.807) is 25.1 Å². The van der Waals surface area contributed by atoms with Gasteiger partial charge in [0.15, 0.2) is 5.76 Å². The van der Waals surface area contributed by atoms with E-state index in [0.717, 1.165) is 16.9 Å². The van der Waals surface area contributed by atoms with Gasteiger partial charge in [-0.3, -0.25) is 9.59 Å². The smallest absolute Gasteiger partial charge is 0.315 e. The summed E-state index contributed by atoms with van der Waals surface area (Å²) in [6.45, 7) is 4.29. The summed E-state index contributed by atoms with van der Waals surface area (Å²) in [4.78, 5) is 25.1. The Morgan fingerprint density at radius 2 is 1.74 bits per heavy atom. The molecule has 31 heavy (non-hydrogen) atoms. The molecule has 0 saturated carbocycles. The average molecular weight is 414 g/mol. The zero-order valence-electron chi connectivity index (χ0n) is 17.4. The van der Waals surface area contributed by atoms with E-state index < -0.39 is 0 Å². The molecular formula is C26H22O5. The van der Waals surface area contributed by atoms with Crippen LogP contribution in [0.1, 0.15) is 34.0 Å². The number of allylic oxidation sites excluding steroid dienone is 1. The van der Waals surface area contributed by atoms with Gasteiger partial charge in [-0.2, -0.15) is 0 Å². The minimum Gasteiger partial charge on any atom is -0.494 e. The van der Waals surface area contributed by atoms with Gasteiger partial charge < -0.3 is 14.2 Å². The number of carbonyl (C=O) groups excluding carboxylic acids is 2. The van der Waals surface area contributed by atoms with Crippen LogP contribution in [0.2, 0.25) is 0 Å². The van der Waals surface area contributed by atoms with Crippen molar-refractivity contribution in [2.24, 2.45) is 0 Å². The van der Waals surface area contributed by atoms with Crippen molar-refractivity contribution in [1.29, 1.82) is 0 Å². The molecule has 1 heterocycles. The van der Waals surface area contributed by atoms with Gasteiger partial charge in [0.1, 0.15) is 17.2 Å². The second kappa shape index (κ2) is 8.88. The molecule has 0 N–H and O–H groups in total. The van der Waals surface area contributed by atoms with Crippen LogP contribution >= 0.6 is 0 Å². The standard InChI is InChI=1S/C26H22O5/c1-3-29-20-11-9-19(10-12-20)15-23-25(28)21-13-14-22(17(2)26(21)31-23)30-24(27)16-18-7-5-4-6-8-18/h4-15H,3,16H2,1-2H3/b23-15-. The summed E-state index contributed by atoms with van der Waals surface area (Å²) in [5.41, 5.74) is 2.77. The van der Waals surface area contributed by atoms with Gasteiger partial charge in [-0.25, -0.2) is 0 Å². The SMILES string of the molecule is CCOc1ccc(/C=C2\Oc3c(ccc(OC(=O)Cc4ccccc4)c3C)C2=O)cc1. The monoisotopic (exact) mass is 414 g/mol. The summed E-state index contributed by atoms with van der Waals surface area (Å²) < 4.78 is 16.8. The Balaban J connectivity index is 1.51. The highest BCUT2D eigenvalue weighted by Gasteiger charge is 2.30. The number of carbonyl (C=O) groups is 2. The summed E-state index contributed by atoms with van der Waals surface area (Å²) in [7, 11) is 0. The van der Waals surface area contributed by atoms with Crippen LogP contribution < -0.4 is 14.2 Å². The van der Waals surface area contributed by atoms with Crippen molar-refractivity contribution in [3.8, 4) is 17.2 Å². The summed E-state index contributed by atoms with van der Waals surface area (Å²) in [6, 6.07) is 20.1. The molecule has 156 valence electrons. The number of Topliss-reactive ketones (excluding diaryl/α,β-unsaturated/α-hetero) is 1. The van der Waals surface area contributed by atoms with E-state index >= 15 is 0 Å². The molecule has 0 bridgehead atoms. The van der Waals surface area contributed by atoms with Crippen molar-refractivity contribution in [3.05, 3.63) is 94.7 Å². The van der Waals surface area contributed by atoms with Crippen LogP contribution in [0.25, 0.3) is 6.08 Å². The third-order valence-electron chi connectivity index (χ3n) is 4.94. The largest absolute Gasteiger partial charge is 0.494 e. The normalized spacial score (nSPS) is 13.6. The van der Waals surface area contributed by atoms with Gasteiger partial charge in [0.05, 0.1) is 18.6 Å². The van der Waals surface area contributed by atoms with Crippen LogP contribution in [0, 0.1) is 6.92 Å². The number of rotatable bonds is 6. The van der Waals surface area contributed by atoms with Crippen LogP contribution in [-0.2, 0) is 11.2 Å². The van der Waals surface area contributed by atoms with Gasteiger partial charge in [0.25, 0.3) is 0 Å². The third kappa shape index (κ3) is 4.51. The fourth-order valence-electron chi connectivity index (χ4n) is 3.38. The molecule has 0 aliphatic carbocycles. The Kier molecular flexibility index (Phi) is 5.85. The Morgan fingerprint density at radius 3 is 2.45 bits per heavy atom. The maximum Gasteiger partial charge on any atom is 0.315 e. The Hall–Kier alpha value is -3.86. The first-order chi connectivity index (χ1) is 15.0. The molecule has 0 fully saturated rings. The molecule has 0 amide bonds. The Bertz CT molecular complexity index is 1140. The quantitative estimate of drug-likeness (QED) is 0.317. The lowest BCUT2D eigenvalue weighted by atomic mass is 10.1. The third-order valence-corrected chi connectivity index (χ3v) is 4.94. The number of esters is 1. The summed E-state index contributed by atoms with van der Waals surface area (Å²) in [6.07, 6.45) is 1.86. The predicted molar refractivity (Wildman–Crippen MR) is 118 cm³/mol. The van der Waals surface area contributed by atoms with Crippen LogP contribution in [-0.4, -0.2) is 18.4 Å². The zero-order chi connectivity index (χ0) is 21.8. The second-order valence-electron chi connectivity index (χ2n) is 7.14. The van der Waals surface area contributed by atoms with Crippen LogP contribution in [0.5, 0.6) is 17.2 Å². The van der Waals surface area contributed by atoms with Crippen molar-refractivity contribution < 1.29 is 23.8 Å². The minimum atomic E-state index is -0.372. The van der Waals surface area contributed by atoms with Crippen molar-refractivity contribution in [2.75, 3.05) is 6.61 Å². The molecule has 5 heteroatoms. The Morgan fingerprint density at radius 1 is 1.00 bits per heavy atom. The number of ether oxygens (including phenoxy) is 3. The second-order valence-corrected chi connectivity index (χ2v) is 7.14. The molecule has 4 rings (SSSR count). The molecule has 0 saturated heterocycles. The first-order valence-electron chi connectivity index (χ1n) is 10.1. The van der Waals surface area contributed by atoms with E-state index in [2.05, 4.69) is 0 Å². The molecule has 0 aromatic heterocycles. The zero-order valence-corrected chi connectivity index (χ0v) is 17.4. The molecule has 0 unspecified atom stereocenters. The fraction of sp³-hybridized carbons (Fsp3) is 0.154. The summed E-state index contributed by atoms with van der Waals surface area (Å²) >= 11 is 0. The molecule has 0 atom stereocenters. The van der Waals surface area contributed by atoms with E-state index in [9.17, 15) is 9.59 Å². The van der Waals surface area contributed by atoms with Crippen molar-refractivity contribution in [2.45, 2.75) is 20.3 Å². The summed E-state index contributed by atoms with van der Waals surface area (Å²) in [5.74, 6) is 1.24. The van der Waals surface area contributed by atoms with E-state index in [4.69, 9.17) is 14.2 Å². The van der Waals surface area contributed by atoms with Gasteiger partial charge in [-0.05, 0) is 55.3 Å². The molecule has 3 aromatic rings. The highest BCUT2D eigenvalue weighted by molar-refractivity contribution is 6.15. The van der Waals surface area contributed by atoms with Crippen molar-refractivity contribution in [3.63, 3.8) is 0 Å². The molecule has 1 aliphatic rings. The topological polar surface area (TPSA) is 61.8 Å². The van der Waals surface area contributed by atoms with Crippen LogP contribution in [0.4, 0.5) is 0 Å². The number of benzene rings is 3. The maximum atomic E-state index is 12.8. The molecule has 3 aromatic carbocycles. The molecule has 1 aliphatic heterocycles. The van der Waals surface area contributed by atoms with Crippen LogP contribution in [0.3, 0.4) is 0 Å². The summed E-state index contributed by atoms with van der Waals surface area (Å²) in [5, 5.41) is 0. The lowest BCUT2D eigenvalue weighted by Crippen LogP contribution is -2.12. The van der Waals surface area contributed by atoms with E-state index in [0.29, 0.717) is 29.2 Å². The van der Waals surface area contributed by atoms with Gasteiger partial charge in [0, 0.05) is 5.56 Å². The Labute approximate surface area is 180 Å². The van der Waals surface area contributed by atoms with E-state index in [-0.39, 0.29) is 23.9 Å². The number of ketones is 1. The predicted octanol–water partition coefficient (Wildman–Crippen LogP) is 5.16. The van der Waals surface area contributed by atoms with Gasteiger partial charge in [-0.1, -0.05) is 42.5 Å². The number of fused-ring (bicyclic) bond motifs is 1. The number of hydrogen-bond acceptors (Lipinski definition) is 5. The number of hydrogen-bond donors (Lipinski definition) is 0.